The Bertz CT molecular complexity index is 720. The lowest BCUT2D eigenvalue weighted by Gasteiger charge is -2.23. The summed E-state index contributed by atoms with van der Waals surface area (Å²) >= 11 is 0. The molecule has 28 heavy (non-hydrogen) atoms. The molecule has 0 fully saturated rings. The summed E-state index contributed by atoms with van der Waals surface area (Å²) in [6, 6.07) is 6.69. The Balaban J connectivity index is 2.84. The Morgan fingerprint density at radius 3 is 2.04 bits per heavy atom. The van der Waals surface area contributed by atoms with Crippen molar-refractivity contribution < 1.29 is 38.2 Å². The summed E-state index contributed by atoms with van der Waals surface area (Å²) in [7, 11) is 3.25. The van der Waals surface area contributed by atoms with Crippen molar-refractivity contribution in [1.29, 1.82) is 0 Å². The fourth-order valence-electron chi connectivity index (χ4n) is 2.28. The maximum Gasteiger partial charge on any atom is 0.329 e. The summed E-state index contributed by atoms with van der Waals surface area (Å²) < 4.78 is 13.7. The minimum Gasteiger partial charge on any atom is -0.469 e. The molecule has 0 bridgehead atoms. The van der Waals surface area contributed by atoms with Gasteiger partial charge in [0.15, 0.2) is 0 Å². The third kappa shape index (κ3) is 6.71. The maximum atomic E-state index is 12.2. The highest BCUT2D eigenvalue weighted by Gasteiger charge is 2.38. The van der Waals surface area contributed by atoms with Gasteiger partial charge in [-0.3, -0.25) is 19.2 Å². The standard InChI is InChI=1S/C18H22N2O8/c1-26-14(22)9-12(17(24)27-2)15(18(25)28-3)20-13(21)10-19-16(23)11-7-5-4-6-8-11/h4-8,12,15H,9-10H2,1-3H3,(H,19,23)(H,20,21)/t12-,15+/m1/s1. The van der Waals surface area contributed by atoms with E-state index in [9.17, 15) is 24.0 Å². The van der Waals surface area contributed by atoms with Crippen LogP contribution in [0.3, 0.4) is 0 Å². The second-order valence-corrected chi connectivity index (χ2v) is 5.53. The minimum atomic E-state index is -1.50. The molecule has 0 heterocycles. The summed E-state index contributed by atoms with van der Waals surface area (Å²) in [5, 5.41) is 4.67. The van der Waals surface area contributed by atoms with Gasteiger partial charge < -0.3 is 24.8 Å². The van der Waals surface area contributed by atoms with Crippen LogP contribution >= 0.6 is 0 Å². The normalized spacial score (nSPS) is 12.1. The SMILES string of the molecule is COC(=O)C[C@@H](C(=O)OC)[C@H](NC(=O)CNC(=O)c1ccccc1)C(=O)OC. The summed E-state index contributed by atoms with van der Waals surface area (Å²) in [4.78, 5) is 59.8. The molecule has 0 unspecified atom stereocenters. The van der Waals surface area contributed by atoms with E-state index in [0.717, 1.165) is 21.3 Å². The summed E-state index contributed by atoms with van der Waals surface area (Å²) in [5.74, 6) is -5.27. The van der Waals surface area contributed by atoms with Crippen molar-refractivity contribution in [2.75, 3.05) is 27.9 Å². The monoisotopic (exact) mass is 394 g/mol. The van der Waals surface area contributed by atoms with Crippen molar-refractivity contribution in [3.8, 4) is 0 Å². The second-order valence-electron chi connectivity index (χ2n) is 5.53. The van der Waals surface area contributed by atoms with Crippen LogP contribution in [0.2, 0.25) is 0 Å². The number of rotatable bonds is 9. The van der Waals surface area contributed by atoms with Gasteiger partial charge in [-0.15, -0.1) is 0 Å². The van der Waals surface area contributed by atoms with E-state index in [0.29, 0.717) is 5.56 Å². The van der Waals surface area contributed by atoms with Crippen LogP contribution in [0, 0.1) is 5.92 Å². The average molecular weight is 394 g/mol. The molecule has 10 nitrogen and oxygen atoms in total. The van der Waals surface area contributed by atoms with Gasteiger partial charge in [-0.25, -0.2) is 4.79 Å². The molecular formula is C18H22N2O8. The Hall–Kier alpha value is -3.43. The van der Waals surface area contributed by atoms with E-state index < -0.39 is 54.6 Å². The number of ether oxygens (including phenoxy) is 3. The Morgan fingerprint density at radius 2 is 1.50 bits per heavy atom. The van der Waals surface area contributed by atoms with Gasteiger partial charge in [0.25, 0.3) is 5.91 Å². The lowest BCUT2D eigenvalue weighted by molar-refractivity contribution is -0.159. The molecular weight excluding hydrogens is 372 g/mol. The van der Waals surface area contributed by atoms with Crippen LogP contribution in [0.4, 0.5) is 0 Å². The molecule has 0 aliphatic rings. The molecule has 0 aromatic heterocycles. The fraction of sp³-hybridized carbons (Fsp3) is 0.389. The highest BCUT2D eigenvalue weighted by Crippen LogP contribution is 2.14. The number of amides is 2. The van der Waals surface area contributed by atoms with Crippen molar-refractivity contribution in [1.82, 2.24) is 10.6 Å². The van der Waals surface area contributed by atoms with Crippen molar-refractivity contribution >= 4 is 29.7 Å². The van der Waals surface area contributed by atoms with Crippen LogP contribution in [-0.4, -0.2) is 63.6 Å². The lowest BCUT2D eigenvalue weighted by atomic mass is 9.96. The smallest absolute Gasteiger partial charge is 0.329 e. The van der Waals surface area contributed by atoms with Gasteiger partial charge in [0.05, 0.1) is 40.2 Å². The molecule has 1 rings (SSSR count). The Kier molecular flexibility index (Phi) is 9.14. The number of benzene rings is 1. The van der Waals surface area contributed by atoms with Crippen LogP contribution < -0.4 is 10.6 Å². The molecule has 0 spiro atoms. The predicted molar refractivity (Wildman–Crippen MR) is 94.9 cm³/mol. The molecule has 0 aliphatic carbocycles. The quantitative estimate of drug-likeness (QED) is 0.419. The Morgan fingerprint density at radius 1 is 0.893 bits per heavy atom. The largest absolute Gasteiger partial charge is 0.469 e. The lowest BCUT2D eigenvalue weighted by Crippen LogP contribution is -2.52. The van der Waals surface area contributed by atoms with E-state index in [-0.39, 0.29) is 0 Å². The molecule has 2 atom stereocenters. The number of esters is 3. The van der Waals surface area contributed by atoms with Crippen LogP contribution in [0.25, 0.3) is 0 Å². The van der Waals surface area contributed by atoms with Gasteiger partial charge in [-0.05, 0) is 12.1 Å². The molecule has 1 aromatic carbocycles. The fourth-order valence-corrected chi connectivity index (χ4v) is 2.28. The molecule has 2 amide bonds. The summed E-state index contributed by atoms with van der Waals surface area (Å²) in [6.07, 6.45) is -0.514. The number of methoxy groups -OCH3 is 3. The molecule has 0 saturated carbocycles. The van der Waals surface area contributed by atoms with Gasteiger partial charge in [-0.2, -0.15) is 0 Å². The summed E-state index contributed by atoms with van der Waals surface area (Å²) in [6.45, 7) is -0.465. The number of hydrogen-bond donors (Lipinski definition) is 2. The first-order valence-corrected chi connectivity index (χ1v) is 8.19. The van der Waals surface area contributed by atoms with Gasteiger partial charge in [-0.1, -0.05) is 18.2 Å². The second kappa shape index (κ2) is 11.3. The number of hydrogen-bond acceptors (Lipinski definition) is 8. The van der Waals surface area contributed by atoms with E-state index in [1.165, 1.54) is 0 Å². The molecule has 0 aliphatic heterocycles. The van der Waals surface area contributed by atoms with E-state index in [2.05, 4.69) is 24.8 Å². The molecule has 10 heteroatoms. The molecule has 0 radical (unpaired) electrons. The number of nitrogens with one attached hydrogen (secondary N) is 2. The summed E-state index contributed by atoms with van der Waals surface area (Å²) in [5.41, 5.74) is 0.345. The molecule has 152 valence electrons. The van der Waals surface area contributed by atoms with E-state index in [4.69, 9.17) is 0 Å². The van der Waals surface area contributed by atoms with Crippen molar-refractivity contribution in [2.45, 2.75) is 12.5 Å². The van der Waals surface area contributed by atoms with E-state index >= 15 is 0 Å². The number of carbonyl (C=O) groups excluding carboxylic acids is 5. The first-order chi connectivity index (χ1) is 13.3. The predicted octanol–water partition coefficient (Wildman–Crippen LogP) is -0.573. The minimum absolute atomic E-state index is 0.345. The topological polar surface area (TPSA) is 137 Å². The number of carbonyl (C=O) groups is 5. The first kappa shape index (κ1) is 22.6. The van der Waals surface area contributed by atoms with Crippen molar-refractivity contribution in [3.05, 3.63) is 35.9 Å². The zero-order chi connectivity index (χ0) is 21.1. The first-order valence-electron chi connectivity index (χ1n) is 8.19. The molecule has 1 aromatic rings. The van der Waals surface area contributed by atoms with Crippen molar-refractivity contribution in [3.63, 3.8) is 0 Å². The van der Waals surface area contributed by atoms with Gasteiger partial charge in [0, 0.05) is 5.56 Å². The highest BCUT2D eigenvalue weighted by molar-refractivity contribution is 5.97. The van der Waals surface area contributed by atoms with Crippen LogP contribution in [0.15, 0.2) is 30.3 Å². The third-order valence-corrected chi connectivity index (χ3v) is 3.74. The van der Waals surface area contributed by atoms with Crippen LogP contribution in [0.1, 0.15) is 16.8 Å². The van der Waals surface area contributed by atoms with E-state index in [1.807, 2.05) is 0 Å². The Labute approximate surface area is 161 Å². The zero-order valence-electron chi connectivity index (χ0n) is 15.7. The third-order valence-electron chi connectivity index (χ3n) is 3.74. The molecule has 2 N–H and O–H groups in total. The van der Waals surface area contributed by atoms with Gasteiger partial charge in [0.1, 0.15) is 6.04 Å². The van der Waals surface area contributed by atoms with Crippen molar-refractivity contribution in [2.24, 2.45) is 5.92 Å². The molecule has 0 saturated heterocycles. The van der Waals surface area contributed by atoms with Gasteiger partial charge in [0.2, 0.25) is 5.91 Å². The van der Waals surface area contributed by atoms with E-state index in [1.54, 1.807) is 30.3 Å². The maximum absolute atomic E-state index is 12.2. The average Bonchev–Trinajstić information content (AvgIpc) is 2.73. The van der Waals surface area contributed by atoms with Crippen LogP contribution in [0.5, 0.6) is 0 Å². The van der Waals surface area contributed by atoms with Crippen LogP contribution in [-0.2, 0) is 33.4 Å². The highest BCUT2D eigenvalue weighted by atomic mass is 16.5. The van der Waals surface area contributed by atoms with Gasteiger partial charge >= 0.3 is 17.9 Å². The zero-order valence-corrected chi connectivity index (χ0v) is 15.7.